The Kier molecular flexibility index (Phi) is 6.72. The normalized spacial score (nSPS) is 16.6. The maximum atomic E-state index is 12.1. The summed E-state index contributed by atoms with van der Waals surface area (Å²) in [7, 11) is 0. The molecule has 1 aromatic rings. The summed E-state index contributed by atoms with van der Waals surface area (Å²) >= 11 is 1.70. The number of nitrogens with zero attached hydrogens (tertiary/aromatic N) is 4. The number of rotatable bonds is 3. The van der Waals surface area contributed by atoms with E-state index in [4.69, 9.17) is 10.5 Å². The van der Waals surface area contributed by atoms with Gasteiger partial charge in [-0.2, -0.15) is 0 Å². The van der Waals surface area contributed by atoms with Crippen LogP contribution in [0.15, 0.2) is 10.4 Å². The van der Waals surface area contributed by atoms with Crippen LogP contribution in [0, 0.1) is 0 Å². The average molecular weight is 396 g/mol. The number of carbonyl (C=O) groups is 1. The second-order valence-corrected chi connectivity index (χ2v) is 9.70. The van der Waals surface area contributed by atoms with Gasteiger partial charge < -0.3 is 20.3 Å². The Morgan fingerprint density at radius 3 is 2.30 bits per heavy atom. The summed E-state index contributed by atoms with van der Waals surface area (Å²) in [4.78, 5) is 25.0. The van der Waals surface area contributed by atoms with Crippen LogP contribution >= 0.6 is 11.3 Å². The molecule has 0 radical (unpaired) electrons. The van der Waals surface area contributed by atoms with E-state index in [1.807, 2.05) is 25.7 Å². The number of guanidine groups is 1. The second kappa shape index (κ2) is 8.46. The van der Waals surface area contributed by atoms with Gasteiger partial charge in [0, 0.05) is 49.9 Å². The molecule has 2 N–H and O–H groups in total. The number of aromatic nitrogens is 1. The Morgan fingerprint density at radius 2 is 1.78 bits per heavy atom. The van der Waals surface area contributed by atoms with Crippen molar-refractivity contribution in [1.82, 2.24) is 14.8 Å². The van der Waals surface area contributed by atoms with Crippen LogP contribution in [-0.2, 0) is 16.6 Å². The molecule has 2 heterocycles. The topological polar surface area (TPSA) is 84.0 Å². The molecule has 0 saturated carbocycles. The summed E-state index contributed by atoms with van der Waals surface area (Å²) in [5.41, 5.74) is 6.81. The molecule has 0 atom stereocenters. The number of aliphatic imine (C=N–C) groups is 1. The Balaban J connectivity index is 1.79. The monoisotopic (exact) mass is 395 g/mol. The minimum atomic E-state index is -0.475. The first kappa shape index (κ1) is 21.5. The Bertz CT molecular complexity index is 664. The smallest absolute Gasteiger partial charge is 0.410 e. The van der Waals surface area contributed by atoms with E-state index in [1.54, 1.807) is 16.2 Å². The number of carbonyl (C=O) groups excluding carboxylic acids is 1. The molecule has 27 heavy (non-hydrogen) atoms. The van der Waals surface area contributed by atoms with E-state index in [1.165, 1.54) is 0 Å². The van der Waals surface area contributed by atoms with E-state index >= 15 is 0 Å². The zero-order valence-electron chi connectivity index (χ0n) is 17.4. The van der Waals surface area contributed by atoms with Crippen molar-refractivity contribution < 1.29 is 9.53 Å². The predicted octanol–water partition coefficient (Wildman–Crippen LogP) is 2.85. The summed E-state index contributed by atoms with van der Waals surface area (Å²) < 4.78 is 5.41. The van der Waals surface area contributed by atoms with Gasteiger partial charge in [0.15, 0.2) is 5.96 Å². The highest BCUT2D eigenvalue weighted by Crippen LogP contribution is 2.25. The van der Waals surface area contributed by atoms with E-state index < -0.39 is 5.60 Å². The first-order valence-electron chi connectivity index (χ1n) is 9.43. The molecule has 8 heteroatoms. The molecule has 1 fully saturated rings. The first-order valence-corrected chi connectivity index (χ1v) is 10.3. The van der Waals surface area contributed by atoms with Crippen molar-refractivity contribution in [3.63, 3.8) is 0 Å². The fourth-order valence-corrected chi connectivity index (χ4v) is 3.54. The van der Waals surface area contributed by atoms with Crippen LogP contribution in [0.4, 0.5) is 4.79 Å². The van der Waals surface area contributed by atoms with E-state index in [9.17, 15) is 4.79 Å². The zero-order valence-corrected chi connectivity index (χ0v) is 18.2. The largest absolute Gasteiger partial charge is 0.444 e. The van der Waals surface area contributed by atoms with Gasteiger partial charge in [-0.3, -0.25) is 4.99 Å². The lowest BCUT2D eigenvalue weighted by atomic mass is 9.98. The summed E-state index contributed by atoms with van der Waals surface area (Å²) in [5.74, 6) is 0.533. The van der Waals surface area contributed by atoms with Crippen molar-refractivity contribution in [2.45, 2.75) is 59.0 Å². The molecule has 152 valence electrons. The standard InChI is InChI=1S/C19H33N5O2S/c1-18(2,3)15-22-14(13-27-15)7-8-21-16(20)23-9-11-24(12-10-23)17(25)26-19(4,5)6/h13H,7-12H2,1-6H3,(H2,20,21). The lowest BCUT2D eigenvalue weighted by Crippen LogP contribution is -2.53. The van der Waals surface area contributed by atoms with E-state index in [2.05, 4.69) is 36.1 Å². The van der Waals surface area contributed by atoms with Crippen molar-refractivity contribution >= 4 is 23.4 Å². The van der Waals surface area contributed by atoms with Crippen molar-refractivity contribution in [1.29, 1.82) is 0 Å². The van der Waals surface area contributed by atoms with Gasteiger partial charge in [-0.05, 0) is 20.8 Å². The highest BCUT2D eigenvalue weighted by molar-refractivity contribution is 7.09. The Labute approximate surface area is 166 Å². The van der Waals surface area contributed by atoms with E-state index in [-0.39, 0.29) is 11.5 Å². The number of hydrogen-bond acceptors (Lipinski definition) is 5. The third kappa shape index (κ3) is 6.68. The maximum Gasteiger partial charge on any atom is 0.410 e. The third-order valence-electron chi connectivity index (χ3n) is 4.09. The molecule has 1 aromatic heterocycles. The Morgan fingerprint density at radius 1 is 1.19 bits per heavy atom. The molecule has 0 spiro atoms. The highest BCUT2D eigenvalue weighted by atomic mass is 32.1. The summed E-state index contributed by atoms with van der Waals surface area (Å²) in [6, 6.07) is 0. The van der Waals surface area contributed by atoms with Gasteiger partial charge in [-0.15, -0.1) is 11.3 Å². The quantitative estimate of drug-likeness (QED) is 0.628. The number of hydrogen-bond donors (Lipinski definition) is 1. The molecule has 2 rings (SSSR count). The van der Waals surface area contributed by atoms with Crippen molar-refractivity contribution in [3.05, 3.63) is 16.1 Å². The molecule has 0 unspecified atom stereocenters. The van der Waals surface area contributed by atoms with Crippen LogP contribution in [0.25, 0.3) is 0 Å². The van der Waals surface area contributed by atoms with Crippen molar-refractivity contribution in [3.8, 4) is 0 Å². The first-order chi connectivity index (χ1) is 12.5. The van der Waals surface area contributed by atoms with Crippen LogP contribution < -0.4 is 5.73 Å². The van der Waals surface area contributed by atoms with Crippen LogP contribution in [-0.4, -0.2) is 65.2 Å². The molecule has 0 bridgehead atoms. The Hall–Kier alpha value is -1.83. The van der Waals surface area contributed by atoms with Gasteiger partial charge >= 0.3 is 6.09 Å². The fraction of sp³-hybridized carbons (Fsp3) is 0.737. The lowest BCUT2D eigenvalue weighted by Gasteiger charge is -2.36. The van der Waals surface area contributed by atoms with E-state index in [0.717, 1.165) is 17.1 Å². The van der Waals surface area contributed by atoms with Gasteiger partial charge in [-0.25, -0.2) is 9.78 Å². The minimum absolute atomic E-state index is 0.0824. The predicted molar refractivity (Wildman–Crippen MR) is 110 cm³/mol. The zero-order chi connectivity index (χ0) is 20.2. The van der Waals surface area contributed by atoms with Crippen LogP contribution in [0.3, 0.4) is 0 Å². The molecule has 1 aliphatic heterocycles. The van der Waals surface area contributed by atoms with Crippen LogP contribution in [0.1, 0.15) is 52.2 Å². The molecule has 0 aliphatic carbocycles. The molecule has 1 saturated heterocycles. The fourth-order valence-electron chi connectivity index (χ4n) is 2.60. The number of amides is 1. The highest BCUT2D eigenvalue weighted by Gasteiger charge is 2.26. The molecule has 0 aromatic carbocycles. The van der Waals surface area contributed by atoms with Crippen molar-refractivity contribution in [2.24, 2.45) is 10.7 Å². The van der Waals surface area contributed by atoms with Gasteiger partial charge in [0.05, 0.1) is 10.7 Å². The summed E-state index contributed by atoms with van der Waals surface area (Å²) in [5, 5.41) is 3.25. The molecular formula is C19H33N5O2S. The summed E-state index contributed by atoms with van der Waals surface area (Å²) in [6.45, 7) is 15.3. The van der Waals surface area contributed by atoms with Crippen LogP contribution in [0.5, 0.6) is 0 Å². The average Bonchev–Trinajstić information content (AvgIpc) is 3.02. The molecule has 7 nitrogen and oxygen atoms in total. The number of thiazole rings is 1. The lowest BCUT2D eigenvalue weighted by molar-refractivity contribution is 0.0186. The number of piperazine rings is 1. The maximum absolute atomic E-state index is 12.1. The minimum Gasteiger partial charge on any atom is -0.444 e. The third-order valence-corrected chi connectivity index (χ3v) is 5.41. The molecular weight excluding hydrogens is 362 g/mol. The van der Waals surface area contributed by atoms with Gasteiger partial charge in [-0.1, -0.05) is 20.8 Å². The summed E-state index contributed by atoms with van der Waals surface area (Å²) in [6.07, 6.45) is 0.515. The number of ether oxygens (including phenoxy) is 1. The second-order valence-electron chi connectivity index (χ2n) is 8.84. The van der Waals surface area contributed by atoms with Crippen LogP contribution in [0.2, 0.25) is 0 Å². The van der Waals surface area contributed by atoms with Gasteiger partial charge in [0.25, 0.3) is 0 Å². The van der Waals surface area contributed by atoms with E-state index in [0.29, 0.717) is 38.7 Å². The number of nitrogens with two attached hydrogens (primary N) is 1. The SMILES string of the molecule is CC(C)(C)OC(=O)N1CCN(C(N)=NCCc2csc(C(C)(C)C)n2)CC1. The van der Waals surface area contributed by atoms with Gasteiger partial charge in [0.2, 0.25) is 0 Å². The van der Waals surface area contributed by atoms with Gasteiger partial charge in [0.1, 0.15) is 5.60 Å². The van der Waals surface area contributed by atoms with Crippen molar-refractivity contribution in [2.75, 3.05) is 32.7 Å². The molecule has 1 amide bonds. The molecule has 1 aliphatic rings.